The topological polar surface area (TPSA) is 37.8 Å². The molecule has 3 heteroatoms. The maximum absolute atomic E-state index is 4.12. The van der Waals surface area contributed by atoms with Crippen molar-refractivity contribution in [2.75, 3.05) is 6.54 Å². The Kier molecular flexibility index (Phi) is 6.27. The zero-order valence-electron chi connectivity index (χ0n) is 12.2. The highest BCUT2D eigenvalue weighted by Gasteiger charge is 2.14. The summed E-state index contributed by atoms with van der Waals surface area (Å²) in [5.74, 6) is 0. The van der Waals surface area contributed by atoms with E-state index in [1.807, 2.05) is 12.4 Å². The van der Waals surface area contributed by atoms with E-state index < -0.39 is 0 Å². The molecular weight excluding hydrogens is 222 g/mol. The van der Waals surface area contributed by atoms with Crippen molar-refractivity contribution in [3.63, 3.8) is 0 Å². The van der Waals surface area contributed by atoms with Crippen molar-refractivity contribution in [3.05, 3.63) is 24.3 Å². The summed E-state index contributed by atoms with van der Waals surface area (Å²) >= 11 is 0. The molecule has 0 aliphatic heterocycles. The fraction of sp³-hybridized carbons (Fsp3) is 0.733. The van der Waals surface area contributed by atoms with Gasteiger partial charge in [0.25, 0.3) is 0 Å². The van der Waals surface area contributed by atoms with Gasteiger partial charge in [0.1, 0.15) is 6.33 Å². The summed E-state index contributed by atoms with van der Waals surface area (Å²) in [5.41, 5.74) is 1.63. The van der Waals surface area contributed by atoms with Crippen LogP contribution in [-0.4, -0.2) is 16.5 Å². The fourth-order valence-corrected chi connectivity index (χ4v) is 2.03. The van der Waals surface area contributed by atoms with Crippen molar-refractivity contribution in [1.29, 1.82) is 0 Å². The van der Waals surface area contributed by atoms with Gasteiger partial charge in [-0.15, -0.1) is 0 Å². The van der Waals surface area contributed by atoms with Crippen LogP contribution in [-0.2, 0) is 0 Å². The van der Waals surface area contributed by atoms with Gasteiger partial charge < -0.3 is 5.32 Å². The van der Waals surface area contributed by atoms with Gasteiger partial charge in [-0.1, -0.05) is 34.1 Å². The fourth-order valence-electron chi connectivity index (χ4n) is 2.03. The van der Waals surface area contributed by atoms with Crippen molar-refractivity contribution >= 4 is 0 Å². The zero-order chi connectivity index (χ0) is 13.4. The van der Waals surface area contributed by atoms with Gasteiger partial charge >= 0.3 is 0 Å². The molecule has 0 aromatic carbocycles. The Balaban J connectivity index is 2.51. The van der Waals surface area contributed by atoms with Crippen molar-refractivity contribution < 1.29 is 0 Å². The van der Waals surface area contributed by atoms with Gasteiger partial charge in [-0.3, -0.25) is 0 Å². The average Bonchev–Trinajstić information content (AvgIpc) is 2.33. The van der Waals surface area contributed by atoms with Gasteiger partial charge in [0, 0.05) is 24.0 Å². The Morgan fingerprint density at radius 1 is 1.22 bits per heavy atom. The highest BCUT2D eigenvalue weighted by Crippen LogP contribution is 2.25. The van der Waals surface area contributed by atoms with Gasteiger partial charge in [-0.2, -0.15) is 0 Å². The first kappa shape index (κ1) is 15.1. The zero-order valence-corrected chi connectivity index (χ0v) is 12.2. The average molecular weight is 249 g/mol. The molecule has 18 heavy (non-hydrogen) atoms. The molecule has 3 nitrogen and oxygen atoms in total. The van der Waals surface area contributed by atoms with Gasteiger partial charge in [0.2, 0.25) is 0 Å². The molecule has 1 rings (SSSR count). The molecule has 0 aliphatic carbocycles. The Labute approximate surface area is 111 Å². The molecule has 1 unspecified atom stereocenters. The first-order valence-electron chi connectivity index (χ1n) is 7.01. The molecule has 1 heterocycles. The molecule has 0 spiro atoms. The van der Waals surface area contributed by atoms with Crippen LogP contribution >= 0.6 is 0 Å². The lowest BCUT2D eigenvalue weighted by Crippen LogP contribution is -2.23. The van der Waals surface area contributed by atoms with Crippen LogP contribution in [0.2, 0.25) is 0 Å². The van der Waals surface area contributed by atoms with E-state index in [9.17, 15) is 0 Å². The normalized spacial score (nSPS) is 13.6. The minimum absolute atomic E-state index is 0.397. The summed E-state index contributed by atoms with van der Waals surface area (Å²) < 4.78 is 0. The molecule has 1 N–H and O–H groups in total. The summed E-state index contributed by atoms with van der Waals surface area (Å²) in [5, 5.41) is 3.59. The standard InChI is InChI=1S/C15H27N3/c1-5-9-18-14(7-6-8-15(2,3)4)13-10-16-12-17-11-13/h10-12,14,18H,5-9H2,1-4H3. The number of rotatable bonds is 7. The molecule has 0 saturated heterocycles. The predicted octanol–water partition coefficient (Wildman–Crippen LogP) is 3.73. The summed E-state index contributed by atoms with van der Waals surface area (Å²) in [6, 6.07) is 0.397. The second kappa shape index (κ2) is 7.47. The summed E-state index contributed by atoms with van der Waals surface area (Å²) in [6.07, 6.45) is 10.3. The quantitative estimate of drug-likeness (QED) is 0.800. The van der Waals surface area contributed by atoms with Gasteiger partial charge in [-0.25, -0.2) is 9.97 Å². The monoisotopic (exact) mass is 249 g/mol. The highest BCUT2D eigenvalue weighted by molar-refractivity contribution is 5.08. The van der Waals surface area contributed by atoms with E-state index in [4.69, 9.17) is 0 Å². The van der Waals surface area contributed by atoms with E-state index in [0.29, 0.717) is 11.5 Å². The van der Waals surface area contributed by atoms with Gasteiger partial charge in [0.15, 0.2) is 0 Å². The van der Waals surface area contributed by atoms with Crippen LogP contribution in [0.25, 0.3) is 0 Å². The van der Waals surface area contributed by atoms with Crippen LogP contribution < -0.4 is 5.32 Å². The van der Waals surface area contributed by atoms with Crippen LogP contribution in [0.3, 0.4) is 0 Å². The number of aromatic nitrogens is 2. The Morgan fingerprint density at radius 2 is 1.89 bits per heavy atom. The van der Waals surface area contributed by atoms with Crippen LogP contribution in [0, 0.1) is 5.41 Å². The van der Waals surface area contributed by atoms with E-state index in [2.05, 4.69) is 43.0 Å². The number of hydrogen-bond donors (Lipinski definition) is 1. The third-order valence-electron chi connectivity index (χ3n) is 3.04. The van der Waals surface area contributed by atoms with Crippen molar-refractivity contribution in [2.45, 2.75) is 59.4 Å². The second-order valence-electron chi connectivity index (χ2n) is 6.13. The van der Waals surface area contributed by atoms with Gasteiger partial charge in [0.05, 0.1) is 0 Å². The lowest BCUT2D eigenvalue weighted by molar-refractivity contribution is 0.343. The number of nitrogens with one attached hydrogen (secondary N) is 1. The van der Waals surface area contributed by atoms with Crippen molar-refractivity contribution in [3.8, 4) is 0 Å². The SMILES string of the molecule is CCCNC(CCCC(C)(C)C)c1cncnc1. The molecule has 1 aromatic heterocycles. The Morgan fingerprint density at radius 3 is 2.44 bits per heavy atom. The third kappa shape index (κ3) is 6.10. The van der Waals surface area contributed by atoms with Crippen molar-refractivity contribution in [1.82, 2.24) is 15.3 Å². The van der Waals surface area contributed by atoms with Gasteiger partial charge in [-0.05, 0) is 31.2 Å². The molecule has 1 atom stereocenters. The maximum atomic E-state index is 4.12. The van der Waals surface area contributed by atoms with Crippen LogP contribution in [0.1, 0.15) is 65.0 Å². The first-order valence-corrected chi connectivity index (χ1v) is 7.01. The molecule has 0 fully saturated rings. The van der Waals surface area contributed by atoms with Crippen LogP contribution in [0.15, 0.2) is 18.7 Å². The second-order valence-corrected chi connectivity index (χ2v) is 6.13. The Hall–Kier alpha value is -0.960. The molecular formula is C15H27N3. The number of nitrogens with zero attached hydrogens (tertiary/aromatic N) is 2. The summed E-state index contributed by atoms with van der Waals surface area (Å²) in [7, 11) is 0. The Bertz CT molecular complexity index is 316. The summed E-state index contributed by atoms with van der Waals surface area (Å²) in [4.78, 5) is 8.24. The lowest BCUT2D eigenvalue weighted by atomic mass is 9.88. The third-order valence-corrected chi connectivity index (χ3v) is 3.04. The van der Waals surface area contributed by atoms with Crippen LogP contribution in [0.4, 0.5) is 0 Å². The maximum Gasteiger partial charge on any atom is 0.115 e. The van der Waals surface area contributed by atoms with E-state index in [1.165, 1.54) is 18.4 Å². The lowest BCUT2D eigenvalue weighted by Gasteiger charge is -2.22. The minimum atomic E-state index is 0.397. The molecule has 0 radical (unpaired) electrons. The summed E-state index contributed by atoms with van der Waals surface area (Å²) in [6.45, 7) is 10.1. The number of hydrogen-bond acceptors (Lipinski definition) is 3. The smallest absolute Gasteiger partial charge is 0.115 e. The molecule has 0 aliphatic rings. The largest absolute Gasteiger partial charge is 0.310 e. The molecule has 0 amide bonds. The predicted molar refractivity (Wildman–Crippen MR) is 76.4 cm³/mol. The van der Waals surface area contributed by atoms with E-state index in [0.717, 1.165) is 19.4 Å². The van der Waals surface area contributed by atoms with Crippen molar-refractivity contribution in [2.24, 2.45) is 5.41 Å². The molecule has 102 valence electrons. The van der Waals surface area contributed by atoms with Crippen LogP contribution in [0.5, 0.6) is 0 Å². The van der Waals surface area contributed by atoms with E-state index in [-0.39, 0.29) is 0 Å². The van der Waals surface area contributed by atoms with E-state index >= 15 is 0 Å². The molecule has 0 bridgehead atoms. The minimum Gasteiger partial charge on any atom is -0.310 e. The van der Waals surface area contributed by atoms with E-state index in [1.54, 1.807) is 6.33 Å². The highest BCUT2D eigenvalue weighted by atomic mass is 14.9. The molecule has 1 aromatic rings. The first-order chi connectivity index (χ1) is 8.53. The molecule has 0 saturated carbocycles.